The molecule has 1 saturated carbocycles. The lowest BCUT2D eigenvalue weighted by Gasteiger charge is -2.33. The molecule has 0 unspecified atom stereocenters. The Morgan fingerprint density at radius 2 is 2.00 bits per heavy atom. The molecular weight excluding hydrogens is 224 g/mol. The Labute approximate surface area is 101 Å². The predicted octanol–water partition coefficient (Wildman–Crippen LogP) is 3.48. The lowest BCUT2D eigenvalue weighted by atomic mass is 9.76. The van der Waals surface area contributed by atoms with Crippen LogP contribution in [0.25, 0.3) is 0 Å². The van der Waals surface area contributed by atoms with Crippen LogP contribution in [0.2, 0.25) is 5.15 Å². The van der Waals surface area contributed by atoms with Crippen LogP contribution in [0.3, 0.4) is 0 Å². The first-order valence-electron chi connectivity index (χ1n) is 5.69. The number of hydrogen-bond acceptors (Lipinski definition) is 3. The molecular formula is C12H17ClN2O. The van der Waals surface area contributed by atoms with Crippen molar-refractivity contribution < 1.29 is 4.74 Å². The van der Waals surface area contributed by atoms with Crippen molar-refractivity contribution in [1.29, 1.82) is 0 Å². The number of halogens is 1. The molecule has 0 spiro atoms. The van der Waals surface area contributed by atoms with Gasteiger partial charge in [-0.2, -0.15) is 4.98 Å². The molecule has 1 aromatic heterocycles. The average Bonchev–Trinajstić information content (AvgIpc) is 2.21. The smallest absolute Gasteiger partial charge is 0.234 e. The predicted molar refractivity (Wildman–Crippen MR) is 63.7 cm³/mol. The molecule has 1 aliphatic carbocycles. The molecule has 0 bridgehead atoms. The zero-order valence-electron chi connectivity index (χ0n) is 9.74. The van der Waals surface area contributed by atoms with Crippen molar-refractivity contribution in [3.05, 3.63) is 17.5 Å². The summed E-state index contributed by atoms with van der Waals surface area (Å²) in [6.45, 7) is 4.62. The van der Waals surface area contributed by atoms with Gasteiger partial charge in [-0.1, -0.05) is 25.4 Å². The topological polar surface area (TPSA) is 35.0 Å². The summed E-state index contributed by atoms with van der Waals surface area (Å²) in [5.41, 5.74) is 0.458. The van der Waals surface area contributed by atoms with Gasteiger partial charge in [-0.25, -0.2) is 0 Å². The van der Waals surface area contributed by atoms with Gasteiger partial charge in [0.1, 0.15) is 6.10 Å². The molecule has 0 atom stereocenters. The lowest BCUT2D eigenvalue weighted by molar-refractivity contribution is 0.0945. The van der Waals surface area contributed by atoms with Gasteiger partial charge >= 0.3 is 0 Å². The molecule has 1 heterocycles. The molecule has 0 radical (unpaired) electrons. The van der Waals surface area contributed by atoms with Gasteiger partial charge in [0, 0.05) is 0 Å². The minimum Gasteiger partial charge on any atom is -0.473 e. The minimum absolute atomic E-state index is 0.265. The van der Waals surface area contributed by atoms with E-state index in [1.54, 1.807) is 6.20 Å². The first-order chi connectivity index (χ1) is 7.55. The van der Waals surface area contributed by atoms with E-state index >= 15 is 0 Å². The summed E-state index contributed by atoms with van der Waals surface area (Å²) in [5.74, 6) is 0.539. The lowest BCUT2D eigenvalue weighted by Crippen LogP contribution is -2.28. The molecule has 0 aromatic carbocycles. The molecule has 88 valence electrons. The van der Waals surface area contributed by atoms with Crippen molar-refractivity contribution in [3.8, 4) is 5.88 Å². The van der Waals surface area contributed by atoms with Gasteiger partial charge < -0.3 is 4.74 Å². The van der Waals surface area contributed by atoms with E-state index in [0.717, 1.165) is 12.8 Å². The number of rotatable bonds is 2. The van der Waals surface area contributed by atoms with Crippen LogP contribution >= 0.6 is 11.6 Å². The van der Waals surface area contributed by atoms with Gasteiger partial charge in [0.15, 0.2) is 5.15 Å². The normalized spacial score (nSPS) is 20.7. The van der Waals surface area contributed by atoms with E-state index in [9.17, 15) is 0 Å². The molecule has 0 amide bonds. The van der Waals surface area contributed by atoms with Crippen LogP contribution in [0.1, 0.15) is 39.5 Å². The third kappa shape index (κ3) is 3.08. The molecule has 4 heteroatoms. The number of hydrogen-bond donors (Lipinski definition) is 0. The van der Waals surface area contributed by atoms with Crippen LogP contribution in [0.15, 0.2) is 12.4 Å². The summed E-state index contributed by atoms with van der Waals surface area (Å²) in [7, 11) is 0. The fraction of sp³-hybridized carbons (Fsp3) is 0.667. The maximum Gasteiger partial charge on any atom is 0.234 e. The zero-order chi connectivity index (χ0) is 11.6. The van der Waals surface area contributed by atoms with E-state index in [0.29, 0.717) is 16.4 Å². The summed E-state index contributed by atoms with van der Waals surface area (Å²) in [4.78, 5) is 8.04. The molecule has 3 nitrogen and oxygen atoms in total. The van der Waals surface area contributed by atoms with E-state index in [4.69, 9.17) is 16.3 Å². The maximum absolute atomic E-state index is 5.77. The van der Waals surface area contributed by atoms with Crippen molar-refractivity contribution in [1.82, 2.24) is 9.97 Å². The van der Waals surface area contributed by atoms with Crippen molar-refractivity contribution in [2.45, 2.75) is 45.6 Å². The molecule has 0 aliphatic heterocycles. The van der Waals surface area contributed by atoms with Crippen molar-refractivity contribution in [2.75, 3.05) is 0 Å². The Kier molecular flexibility index (Phi) is 3.33. The standard InChI is InChI=1S/C12H17ClN2O/c1-12(2)5-3-9(4-6-12)16-11-8-14-7-10(13)15-11/h7-9H,3-6H2,1-2H3. The summed E-state index contributed by atoms with van der Waals surface area (Å²) in [6.07, 6.45) is 7.96. The van der Waals surface area contributed by atoms with Crippen molar-refractivity contribution in [3.63, 3.8) is 0 Å². The molecule has 1 aromatic rings. The third-order valence-corrected chi connectivity index (χ3v) is 3.34. The highest BCUT2D eigenvalue weighted by atomic mass is 35.5. The highest BCUT2D eigenvalue weighted by molar-refractivity contribution is 6.29. The molecule has 2 rings (SSSR count). The Morgan fingerprint density at radius 1 is 1.31 bits per heavy atom. The SMILES string of the molecule is CC1(C)CCC(Oc2cncc(Cl)n2)CC1. The molecule has 1 aliphatic rings. The van der Waals surface area contributed by atoms with E-state index < -0.39 is 0 Å². The van der Waals surface area contributed by atoms with E-state index in [1.807, 2.05) is 0 Å². The van der Waals surface area contributed by atoms with Crippen LogP contribution in [-0.2, 0) is 0 Å². The molecule has 1 fully saturated rings. The second-order valence-corrected chi connectivity index (χ2v) is 5.55. The summed E-state index contributed by atoms with van der Waals surface area (Å²) in [6, 6.07) is 0. The summed E-state index contributed by atoms with van der Waals surface area (Å²) >= 11 is 5.75. The average molecular weight is 241 g/mol. The van der Waals surface area contributed by atoms with E-state index in [2.05, 4.69) is 23.8 Å². The Balaban J connectivity index is 1.92. The fourth-order valence-electron chi connectivity index (χ4n) is 2.04. The van der Waals surface area contributed by atoms with Crippen LogP contribution < -0.4 is 4.74 Å². The highest BCUT2D eigenvalue weighted by Crippen LogP contribution is 2.36. The van der Waals surface area contributed by atoms with Gasteiger partial charge in [-0.3, -0.25) is 4.98 Å². The van der Waals surface area contributed by atoms with Crippen molar-refractivity contribution >= 4 is 11.6 Å². The first kappa shape index (κ1) is 11.6. The Hall–Kier alpha value is -0.830. The first-order valence-corrected chi connectivity index (χ1v) is 6.07. The number of aromatic nitrogens is 2. The third-order valence-electron chi connectivity index (χ3n) is 3.16. The monoisotopic (exact) mass is 240 g/mol. The quantitative estimate of drug-likeness (QED) is 0.794. The molecule has 0 N–H and O–H groups in total. The largest absolute Gasteiger partial charge is 0.473 e. The van der Waals surface area contributed by atoms with Crippen LogP contribution in [0.4, 0.5) is 0 Å². The number of nitrogens with zero attached hydrogens (tertiary/aromatic N) is 2. The number of ether oxygens (including phenoxy) is 1. The van der Waals surface area contributed by atoms with Crippen molar-refractivity contribution in [2.24, 2.45) is 5.41 Å². The van der Waals surface area contributed by atoms with Crippen LogP contribution in [-0.4, -0.2) is 16.1 Å². The summed E-state index contributed by atoms with van der Waals surface area (Å²) < 4.78 is 5.77. The second kappa shape index (κ2) is 4.58. The summed E-state index contributed by atoms with van der Waals surface area (Å²) in [5, 5.41) is 0.383. The minimum atomic E-state index is 0.265. The second-order valence-electron chi connectivity index (χ2n) is 5.16. The zero-order valence-corrected chi connectivity index (χ0v) is 10.5. The molecule has 0 saturated heterocycles. The maximum atomic E-state index is 5.77. The Bertz CT molecular complexity index is 358. The van der Waals surface area contributed by atoms with Gasteiger partial charge in [-0.05, 0) is 31.1 Å². The van der Waals surface area contributed by atoms with Crippen LogP contribution in [0, 0.1) is 5.41 Å². The van der Waals surface area contributed by atoms with E-state index in [1.165, 1.54) is 19.0 Å². The van der Waals surface area contributed by atoms with Gasteiger partial charge in [0.25, 0.3) is 0 Å². The molecule has 16 heavy (non-hydrogen) atoms. The van der Waals surface area contributed by atoms with E-state index in [-0.39, 0.29) is 6.10 Å². The van der Waals surface area contributed by atoms with Gasteiger partial charge in [-0.15, -0.1) is 0 Å². The highest BCUT2D eigenvalue weighted by Gasteiger charge is 2.27. The van der Waals surface area contributed by atoms with Gasteiger partial charge in [0.05, 0.1) is 12.4 Å². The van der Waals surface area contributed by atoms with Gasteiger partial charge in [0.2, 0.25) is 5.88 Å². The van der Waals surface area contributed by atoms with Crippen LogP contribution in [0.5, 0.6) is 5.88 Å². The Morgan fingerprint density at radius 3 is 2.62 bits per heavy atom. The fourth-order valence-corrected chi connectivity index (χ4v) is 2.18.